The molecule has 1 aromatic rings. The summed E-state index contributed by atoms with van der Waals surface area (Å²) < 4.78 is 0. The van der Waals surface area contributed by atoms with Gasteiger partial charge in [-0.3, -0.25) is 0 Å². The molecule has 1 nitrogen and oxygen atoms in total. The highest BCUT2D eigenvalue weighted by molar-refractivity contribution is 6.17. The van der Waals surface area contributed by atoms with Crippen molar-refractivity contribution in [2.24, 2.45) is 0 Å². The van der Waals surface area contributed by atoms with E-state index in [9.17, 15) is 5.11 Å². The lowest BCUT2D eigenvalue weighted by Gasteiger charge is -2.28. The van der Waals surface area contributed by atoms with Crippen LogP contribution >= 0.6 is 11.6 Å². The number of hydrogen-bond donors (Lipinski definition) is 1. The smallest absolute Gasteiger partial charge is 0.0907 e. The van der Waals surface area contributed by atoms with Gasteiger partial charge >= 0.3 is 0 Å². The van der Waals surface area contributed by atoms with Gasteiger partial charge in [0.25, 0.3) is 0 Å². The summed E-state index contributed by atoms with van der Waals surface area (Å²) in [6.07, 6.45) is 4.82. The van der Waals surface area contributed by atoms with E-state index in [1.807, 2.05) is 30.3 Å². The Morgan fingerprint density at radius 1 is 1.12 bits per heavy atom. The highest BCUT2D eigenvalue weighted by Crippen LogP contribution is 2.31. The number of rotatable bonds is 7. The molecule has 0 saturated heterocycles. The van der Waals surface area contributed by atoms with E-state index in [-0.39, 0.29) is 0 Å². The fraction of sp³-hybridized carbons (Fsp3) is 0.571. The lowest BCUT2D eigenvalue weighted by molar-refractivity contribution is 0.0217. The average molecular weight is 241 g/mol. The van der Waals surface area contributed by atoms with Gasteiger partial charge in [-0.05, 0) is 18.4 Å². The van der Waals surface area contributed by atoms with Gasteiger partial charge < -0.3 is 5.11 Å². The molecule has 0 spiro atoms. The van der Waals surface area contributed by atoms with Crippen LogP contribution in [0.15, 0.2) is 30.3 Å². The molecule has 0 aliphatic rings. The van der Waals surface area contributed by atoms with Gasteiger partial charge in [0.2, 0.25) is 0 Å². The van der Waals surface area contributed by atoms with Crippen LogP contribution in [-0.2, 0) is 5.60 Å². The molecule has 90 valence electrons. The van der Waals surface area contributed by atoms with Gasteiger partial charge in [-0.2, -0.15) is 0 Å². The van der Waals surface area contributed by atoms with Crippen LogP contribution < -0.4 is 0 Å². The zero-order valence-electron chi connectivity index (χ0n) is 9.95. The van der Waals surface area contributed by atoms with Crippen molar-refractivity contribution in [3.8, 4) is 0 Å². The molecule has 16 heavy (non-hydrogen) atoms. The number of benzene rings is 1. The quantitative estimate of drug-likeness (QED) is 0.562. The predicted molar refractivity (Wildman–Crippen MR) is 69.8 cm³/mol. The standard InChI is InChI=1S/C14H21ClO/c1-2-3-7-10-14(16,11-12-15)13-8-5-4-6-9-13/h4-6,8-9,16H,2-3,7,10-12H2,1H3. The molecule has 1 N–H and O–H groups in total. The predicted octanol–water partition coefficient (Wildman–Crippen LogP) is 4.08. The van der Waals surface area contributed by atoms with E-state index < -0.39 is 5.60 Å². The van der Waals surface area contributed by atoms with E-state index >= 15 is 0 Å². The Balaban J connectivity index is 2.71. The molecular formula is C14H21ClO. The van der Waals surface area contributed by atoms with E-state index in [1.165, 1.54) is 6.42 Å². The maximum Gasteiger partial charge on any atom is 0.0907 e. The minimum Gasteiger partial charge on any atom is -0.385 e. The average Bonchev–Trinajstić information content (AvgIpc) is 2.31. The Kier molecular flexibility index (Phi) is 5.86. The Morgan fingerprint density at radius 2 is 1.81 bits per heavy atom. The molecule has 2 heteroatoms. The van der Waals surface area contributed by atoms with Crippen LogP contribution in [0, 0.1) is 0 Å². The van der Waals surface area contributed by atoms with E-state index in [2.05, 4.69) is 6.92 Å². The molecule has 1 unspecified atom stereocenters. The van der Waals surface area contributed by atoms with Crippen LogP contribution in [0.25, 0.3) is 0 Å². The summed E-state index contributed by atoms with van der Waals surface area (Å²) in [7, 11) is 0. The van der Waals surface area contributed by atoms with Crippen molar-refractivity contribution < 1.29 is 5.11 Å². The monoisotopic (exact) mass is 240 g/mol. The molecule has 1 rings (SSSR count). The molecule has 1 atom stereocenters. The largest absolute Gasteiger partial charge is 0.385 e. The molecule has 0 amide bonds. The molecular weight excluding hydrogens is 220 g/mol. The lowest BCUT2D eigenvalue weighted by Crippen LogP contribution is -2.26. The van der Waals surface area contributed by atoms with Gasteiger partial charge in [-0.15, -0.1) is 11.6 Å². The van der Waals surface area contributed by atoms with Crippen LogP contribution in [0.1, 0.15) is 44.6 Å². The van der Waals surface area contributed by atoms with Crippen molar-refractivity contribution >= 4 is 11.6 Å². The van der Waals surface area contributed by atoms with Crippen molar-refractivity contribution in [1.29, 1.82) is 0 Å². The van der Waals surface area contributed by atoms with Gasteiger partial charge in [0.05, 0.1) is 5.60 Å². The summed E-state index contributed by atoms with van der Waals surface area (Å²) in [5.41, 5.74) is 0.254. The van der Waals surface area contributed by atoms with Crippen molar-refractivity contribution in [2.45, 2.75) is 44.6 Å². The SMILES string of the molecule is CCCCCC(O)(CCCl)c1ccccc1. The Hall–Kier alpha value is -0.530. The zero-order chi connectivity index (χ0) is 11.9. The minimum atomic E-state index is -0.738. The summed E-state index contributed by atoms with van der Waals surface area (Å²) in [6.45, 7) is 2.17. The summed E-state index contributed by atoms with van der Waals surface area (Å²) in [6, 6.07) is 9.87. The second kappa shape index (κ2) is 6.93. The number of hydrogen-bond acceptors (Lipinski definition) is 1. The number of halogens is 1. The van der Waals surface area contributed by atoms with Crippen molar-refractivity contribution in [1.82, 2.24) is 0 Å². The third kappa shape index (κ3) is 3.80. The highest BCUT2D eigenvalue weighted by atomic mass is 35.5. The zero-order valence-corrected chi connectivity index (χ0v) is 10.7. The first-order valence-corrected chi connectivity index (χ1v) is 6.60. The van der Waals surface area contributed by atoms with E-state index in [4.69, 9.17) is 11.6 Å². The van der Waals surface area contributed by atoms with Gasteiger partial charge in [-0.25, -0.2) is 0 Å². The Bertz CT molecular complexity index is 286. The van der Waals surface area contributed by atoms with Crippen LogP contribution in [-0.4, -0.2) is 11.0 Å². The molecule has 0 aromatic heterocycles. The third-order valence-corrected chi connectivity index (χ3v) is 3.20. The molecule has 0 bridgehead atoms. The maximum atomic E-state index is 10.6. The summed E-state index contributed by atoms with van der Waals surface area (Å²) in [5.74, 6) is 0.498. The number of aliphatic hydroxyl groups is 1. The molecule has 1 aromatic carbocycles. The lowest BCUT2D eigenvalue weighted by atomic mass is 9.86. The number of alkyl halides is 1. The fourth-order valence-corrected chi connectivity index (χ4v) is 2.30. The molecule has 0 fully saturated rings. The van der Waals surface area contributed by atoms with Crippen LogP contribution in [0.5, 0.6) is 0 Å². The van der Waals surface area contributed by atoms with Gasteiger partial charge in [-0.1, -0.05) is 56.5 Å². The van der Waals surface area contributed by atoms with Crippen molar-refractivity contribution in [2.75, 3.05) is 5.88 Å². The molecule has 0 heterocycles. The van der Waals surface area contributed by atoms with E-state index in [0.29, 0.717) is 12.3 Å². The van der Waals surface area contributed by atoms with Crippen molar-refractivity contribution in [3.63, 3.8) is 0 Å². The highest BCUT2D eigenvalue weighted by Gasteiger charge is 2.27. The number of unbranched alkanes of at least 4 members (excludes halogenated alkanes) is 2. The second-order valence-electron chi connectivity index (χ2n) is 4.29. The van der Waals surface area contributed by atoms with Crippen LogP contribution in [0.3, 0.4) is 0 Å². The van der Waals surface area contributed by atoms with Crippen LogP contribution in [0.4, 0.5) is 0 Å². The molecule has 0 aliphatic carbocycles. The Morgan fingerprint density at radius 3 is 2.38 bits per heavy atom. The third-order valence-electron chi connectivity index (χ3n) is 3.01. The normalized spacial score (nSPS) is 14.7. The molecule has 0 aliphatic heterocycles. The Labute approximate surface area is 103 Å². The van der Waals surface area contributed by atoms with E-state index in [1.54, 1.807) is 0 Å². The van der Waals surface area contributed by atoms with Crippen molar-refractivity contribution in [3.05, 3.63) is 35.9 Å². The molecule has 0 radical (unpaired) electrons. The first kappa shape index (κ1) is 13.5. The summed E-state index contributed by atoms with van der Waals surface area (Å²) in [5, 5.41) is 10.6. The van der Waals surface area contributed by atoms with E-state index in [0.717, 1.165) is 24.8 Å². The minimum absolute atomic E-state index is 0.498. The first-order chi connectivity index (χ1) is 7.73. The van der Waals surface area contributed by atoms with Gasteiger partial charge in [0.1, 0.15) is 0 Å². The van der Waals surface area contributed by atoms with Gasteiger partial charge in [0, 0.05) is 5.88 Å². The summed E-state index contributed by atoms with van der Waals surface area (Å²) >= 11 is 5.79. The van der Waals surface area contributed by atoms with Crippen LogP contribution in [0.2, 0.25) is 0 Å². The first-order valence-electron chi connectivity index (χ1n) is 6.07. The second-order valence-corrected chi connectivity index (χ2v) is 4.67. The maximum absolute atomic E-state index is 10.6. The topological polar surface area (TPSA) is 20.2 Å². The summed E-state index contributed by atoms with van der Waals surface area (Å²) in [4.78, 5) is 0. The molecule has 0 saturated carbocycles. The van der Waals surface area contributed by atoms with Gasteiger partial charge in [0.15, 0.2) is 0 Å². The fourth-order valence-electron chi connectivity index (χ4n) is 1.99.